The zero-order valence-electron chi connectivity index (χ0n) is 8.96. The Balaban J connectivity index is 1.82. The normalized spacial score (nSPS) is 10.6. The third kappa shape index (κ3) is 2.05. The summed E-state index contributed by atoms with van der Waals surface area (Å²) >= 11 is 0. The zero-order chi connectivity index (χ0) is 11.5. The van der Waals surface area contributed by atoms with Gasteiger partial charge in [0.1, 0.15) is 11.5 Å². The number of H-pyrrole nitrogens is 2. The van der Waals surface area contributed by atoms with Crippen LogP contribution in [0, 0.1) is 0 Å². The Labute approximate surface area is 97.1 Å². The molecular formula is C11H10N6. The van der Waals surface area contributed by atoms with E-state index < -0.39 is 0 Å². The largest absolute Gasteiger partial charge is 0.339 e. The molecule has 6 heteroatoms. The number of aromatic nitrogens is 6. The lowest BCUT2D eigenvalue weighted by atomic mass is 10.1. The van der Waals surface area contributed by atoms with E-state index in [1.807, 2.05) is 18.2 Å². The molecule has 0 saturated carbocycles. The first-order chi connectivity index (χ1) is 8.42. The smallest absolute Gasteiger partial charge is 0.222 e. The summed E-state index contributed by atoms with van der Waals surface area (Å²) in [6.45, 7) is 0. The lowest BCUT2D eigenvalue weighted by Gasteiger charge is -1.96. The Morgan fingerprint density at radius 3 is 2.76 bits per heavy atom. The molecule has 1 aromatic carbocycles. The molecule has 17 heavy (non-hydrogen) atoms. The number of nitrogens with one attached hydrogen (secondary N) is 2. The Hall–Kier alpha value is -2.50. The summed E-state index contributed by atoms with van der Waals surface area (Å²) in [5.74, 6) is 1.41. The molecule has 0 amide bonds. The SMILES string of the molecule is c1ccc(Cc2ncc(-c3nn[nH]n3)[nH]2)cc1. The summed E-state index contributed by atoms with van der Waals surface area (Å²) < 4.78 is 0. The molecule has 84 valence electrons. The second kappa shape index (κ2) is 4.17. The van der Waals surface area contributed by atoms with Crippen LogP contribution in [0.3, 0.4) is 0 Å². The molecule has 3 rings (SSSR count). The van der Waals surface area contributed by atoms with Crippen LogP contribution in [-0.2, 0) is 6.42 Å². The van der Waals surface area contributed by atoms with Gasteiger partial charge in [-0.3, -0.25) is 0 Å². The first kappa shape index (κ1) is 9.71. The fourth-order valence-corrected chi connectivity index (χ4v) is 1.63. The summed E-state index contributed by atoms with van der Waals surface area (Å²) in [4.78, 5) is 7.46. The molecule has 2 aromatic heterocycles. The minimum atomic E-state index is 0.525. The molecule has 6 nitrogen and oxygen atoms in total. The highest BCUT2D eigenvalue weighted by Crippen LogP contribution is 2.12. The first-order valence-electron chi connectivity index (χ1n) is 5.23. The number of hydrogen-bond acceptors (Lipinski definition) is 4. The van der Waals surface area contributed by atoms with Gasteiger partial charge >= 0.3 is 0 Å². The van der Waals surface area contributed by atoms with Crippen LogP contribution in [-0.4, -0.2) is 30.6 Å². The maximum atomic E-state index is 4.29. The van der Waals surface area contributed by atoms with Crippen LogP contribution in [0.2, 0.25) is 0 Å². The van der Waals surface area contributed by atoms with Crippen molar-refractivity contribution in [2.75, 3.05) is 0 Å². The van der Waals surface area contributed by atoms with Gasteiger partial charge in [0, 0.05) is 6.42 Å². The van der Waals surface area contributed by atoms with E-state index in [4.69, 9.17) is 0 Å². The van der Waals surface area contributed by atoms with E-state index in [1.165, 1.54) is 5.56 Å². The van der Waals surface area contributed by atoms with Crippen LogP contribution in [0.4, 0.5) is 0 Å². The minimum Gasteiger partial charge on any atom is -0.339 e. The van der Waals surface area contributed by atoms with E-state index in [2.05, 4.69) is 42.7 Å². The van der Waals surface area contributed by atoms with Crippen LogP contribution in [0.25, 0.3) is 11.5 Å². The lowest BCUT2D eigenvalue weighted by Crippen LogP contribution is -1.90. The predicted octanol–water partition coefficient (Wildman–Crippen LogP) is 1.18. The number of rotatable bonds is 3. The Bertz CT molecular complexity index is 583. The van der Waals surface area contributed by atoms with E-state index >= 15 is 0 Å². The molecule has 0 spiro atoms. The van der Waals surface area contributed by atoms with Crippen molar-refractivity contribution in [3.63, 3.8) is 0 Å². The molecule has 0 aliphatic carbocycles. The van der Waals surface area contributed by atoms with Gasteiger partial charge in [-0.05, 0) is 10.8 Å². The summed E-state index contributed by atoms with van der Waals surface area (Å²) in [7, 11) is 0. The van der Waals surface area contributed by atoms with E-state index in [1.54, 1.807) is 6.20 Å². The Morgan fingerprint density at radius 1 is 1.12 bits per heavy atom. The average Bonchev–Trinajstić information content (AvgIpc) is 3.00. The van der Waals surface area contributed by atoms with Crippen LogP contribution in [0.1, 0.15) is 11.4 Å². The van der Waals surface area contributed by atoms with Crippen molar-refractivity contribution in [3.05, 3.63) is 47.9 Å². The highest BCUT2D eigenvalue weighted by atomic mass is 15.5. The van der Waals surface area contributed by atoms with Crippen molar-refractivity contribution in [2.24, 2.45) is 0 Å². The lowest BCUT2D eigenvalue weighted by molar-refractivity contribution is 0.881. The Kier molecular flexibility index (Phi) is 2.38. The molecule has 0 radical (unpaired) electrons. The molecule has 0 saturated heterocycles. The molecule has 2 heterocycles. The van der Waals surface area contributed by atoms with Crippen molar-refractivity contribution in [1.82, 2.24) is 30.6 Å². The summed E-state index contributed by atoms with van der Waals surface area (Å²) in [6, 6.07) is 10.2. The maximum absolute atomic E-state index is 4.29. The quantitative estimate of drug-likeness (QED) is 0.702. The maximum Gasteiger partial charge on any atom is 0.222 e. The summed E-state index contributed by atoms with van der Waals surface area (Å²) in [5.41, 5.74) is 1.98. The number of hydrogen-bond donors (Lipinski definition) is 2. The monoisotopic (exact) mass is 226 g/mol. The fraction of sp³-hybridized carbons (Fsp3) is 0.0909. The van der Waals surface area contributed by atoms with Gasteiger partial charge in [-0.2, -0.15) is 5.21 Å². The van der Waals surface area contributed by atoms with Crippen LogP contribution in [0.15, 0.2) is 36.5 Å². The van der Waals surface area contributed by atoms with Gasteiger partial charge < -0.3 is 4.98 Å². The number of benzene rings is 1. The molecule has 0 aliphatic heterocycles. The second-order valence-electron chi connectivity index (χ2n) is 3.64. The van der Waals surface area contributed by atoms with Gasteiger partial charge in [-0.25, -0.2) is 4.98 Å². The molecule has 0 fully saturated rings. The van der Waals surface area contributed by atoms with Crippen molar-refractivity contribution < 1.29 is 0 Å². The van der Waals surface area contributed by atoms with Gasteiger partial charge in [0.2, 0.25) is 5.82 Å². The molecule has 0 bridgehead atoms. The zero-order valence-corrected chi connectivity index (χ0v) is 8.96. The van der Waals surface area contributed by atoms with Gasteiger partial charge in [-0.1, -0.05) is 30.3 Å². The molecule has 0 unspecified atom stereocenters. The van der Waals surface area contributed by atoms with Gasteiger partial charge in [0.05, 0.1) is 6.20 Å². The van der Waals surface area contributed by atoms with Gasteiger partial charge in [-0.15, -0.1) is 10.2 Å². The summed E-state index contributed by atoms with van der Waals surface area (Å²) in [5, 5.41) is 13.7. The molecule has 0 atom stereocenters. The van der Waals surface area contributed by atoms with Crippen molar-refractivity contribution >= 4 is 0 Å². The van der Waals surface area contributed by atoms with E-state index in [9.17, 15) is 0 Å². The van der Waals surface area contributed by atoms with E-state index in [0.717, 1.165) is 17.9 Å². The van der Waals surface area contributed by atoms with E-state index in [-0.39, 0.29) is 0 Å². The number of nitrogens with zero attached hydrogens (tertiary/aromatic N) is 4. The van der Waals surface area contributed by atoms with Gasteiger partial charge in [0.15, 0.2) is 0 Å². The average molecular weight is 226 g/mol. The number of aromatic amines is 2. The van der Waals surface area contributed by atoms with Crippen molar-refractivity contribution in [3.8, 4) is 11.5 Å². The predicted molar refractivity (Wildman–Crippen MR) is 61.0 cm³/mol. The van der Waals surface area contributed by atoms with Crippen molar-refractivity contribution in [1.29, 1.82) is 0 Å². The van der Waals surface area contributed by atoms with Crippen LogP contribution >= 0.6 is 0 Å². The number of tetrazole rings is 1. The molecular weight excluding hydrogens is 216 g/mol. The van der Waals surface area contributed by atoms with Crippen LogP contribution < -0.4 is 0 Å². The molecule has 2 N–H and O–H groups in total. The van der Waals surface area contributed by atoms with Crippen LogP contribution in [0.5, 0.6) is 0 Å². The highest BCUT2D eigenvalue weighted by Gasteiger charge is 2.07. The summed E-state index contributed by atoms with van der Waals surface area (Å²) in [6.07, 6.45) is 2.47. The topological polar surface area (TPSA) is 83.1 Å². The third-order valence-electron chi connectivity index (χ3n) is 2.43. The third-order valence-corrected chi connectivity index (χ3v) is 2.43. The Morgan fingerprint density at radius 2 is 2.00 bits per heavy atom. The number of imidazole rings is 1. The van der Waals surface area contributed by atoms with Crippen molar-refractivity contribution in [2.45, 2.75) is 6.42 Å². The van der Waals surface area contributed by atoms with Gasteiger partial charge in [0.25, 0.3) is 0 Å². The minimum absolute atomic E-state index is 0.525. The first-order valence-corrected chi connectivity index (χ1v) is 5.23. The highest BCUT2D eigenvalue weighted by molar-refractivity contribution is 5.46. The molecule has 3 aromatic rings. The molecule has 0 aliphatic rings. The second-order valence-corrected chi connectivity index (χ2v) is 3.64. The van der Waals surface area contributed by atoms with E-state index in [0.29, 0.717) is 5.82 Å². The fourth-order valence-electron chi connectivity index (χ4n) is 1.63. The standard InChI is InChI=1S/C11H10N6/c1-2-4-8(5-3-1)6-10-12-7-9(13-10)11-14-16-17-15-11/h1-5,7H,6H2,(H,12,13)(H,14,15,16,17).